The van der Waals surface area contributed by atoms with E-state index >= 15 is 0 Å². The van der Waals surface area contributed by atoms with Crippen LogP contribution in [0.3, 0.4) is 0 Å². The quantitative estimate of drug-likeness (QED) is 0.874. The van der Waals surface area contributed by atoms with E-state index < -0.39 is 0 Å². The topological polar surface area (TPSA) is 35.2 Å². The van der Waals surface area contributed by atoms with Gasteiger partial charge < -0.3 is 10.5 Å². The molecular formula is C17H27NO. The first-order valence-electron chi connectivity index (χ1n) is 7.63. The van der Waals surface area contributed by atoms with Crippen LogP contribution in [0, 0.1) is 12.8 Å². The van der Waals surface area contributed by atoms with Gasteiger partial charge in [0, 0.05) is 11.6 Å². The van der Waals surface area contributed by atoms with Crippen molar-refractivity contribution in [1.29, 1.82) is 0 Å². The Morgan fingerprint density at radius 3 is 2.84 bits per heavy atom. The van der Waals surface area contributed by atoms with Crippen molar-refractivity contribution in [2.24, 2.45) is 11.7 Å². The zero-order valence-electron chi connectivity index (χ0n) is 12.5. The monoisotopic (exact) mass is 261 g/mol. The van der Waals surface area contributed by atoms with Crippen LogP contribution in [-0.2, 0) is 0 Å². The Balaban J connectivity index is 2.11. The highest BCUT2D eigenvalue weighted by molar-refractivity contribution is 5.39. The number of rotatable bonds is 4. The van der Waals surface area contributed by atoms with Gasteiger partial charge in [0.05, 0.1) is 6.10 Å². The van der Waals surface area contributed by atoms with Gasteiger partial charge in [-0.3, -0.25) is 0 Å². The zero-order chi connectivity index (χ0) is 13.8. The third-order valence-corrected chi connectivity index (χ3v) is 4.27. The van der Waals surface area contributed by atoms with Gasteiger partial charge in [0.15, 0.2) is 0 Å². The molecular weight excluding hydrogens is 234 g/mol. The lowest BCUT2D eigenvalue weighted by Crippen LogP contribution is -2.26. The fourth-order valence-electron chi connectivity index (χ4n) is 3.02. The summed E-state index contributed by atoms with van der Waals surface area (Å²) in [7, 11) is 0. The first-order chi connectivity index (χ1) is 9.10. The van der Waals surface area contributed by atoms with E-state index in [-0.39, 0.29) is 6.04 Å². The molecule has 2 N–H and O–H groups in total. The highest BCUT2D eigenvalue weighted by Crippen LogP contribution is 2.32. The number of ether oxygens (including phenoxy) is 1. The molecule has 2 rings (SSSR count). The molecule has 0 amide bonds. The van der Waals surface area contributed by atoms with Gasteiger partial charge in [-0.1, -0.05) is 31.9 Å². The highest BCUT2D eigenvalue weighted by atomic mass is 16.5. The maximum atomic E-state index is 6.28. The molecule has 0 aliphatic heterocycles. The van der Waals surface area contributed by atoms with Crippen molar-refractivity contribution >= 4 is 0 Å². The second-order valence-electron chi connectivity index (χ2n) is 6.01. The number of aryl methyl sites for hydroxylation is 1. The third kappa shape index (κ3) is 3.73. The molecule has 0 aromatic heterocycles. The highest BCUT2D eigenvalue weighted by Gasteiger charge is 2.23. The van der Waals surface area contributed by atoms with Crippen LogP contribution in [0.15, 0.2) is 18.2 Å². The summed E-state index contributed by atoms with van der Waals surface area (Å²) in [4.78, 5) is 0. The van der Waals surface area contributed by atoms with Crippen LogP contribution in [-0.4, -0.2) is 6.10 Å². The SMILES string of the molecule is CCC1CCCC(Oc2cc(C)ccc2C(C)N)C1. The molecule has 3 atom stereocenters. The second kappa shape index (κ2) is 6.42. The Kier molecular flexibility index (Phi) is 4.87. The van der Waals surface area contributed by atoms with Gasteiger partial charge in [0.2, 0.25) is 0 Å². The van der Waals surface area contributed by atoms with Crippen LogP contribution in [0.25, 0.3) is 0 Å². The molecule has 0 saturated heterocycles. The normalized spacial score (nSPS) is 25.1. The van der Waals surface area contributed by atoms with Crippen LogP contribution in [0.5, 0.6) is 5.75 Å². The fourth-order valence-corrected chi connectivity index (χ4v) is 3.02. The average molecular weight is 261 g/mol. The van der Waals surface area contributed by atoms with Gasteiger partial charge in [-0.2, -0.15) is 0 Å². The standard InChI is InChI=1S/C17H27NO/c1-4-14-6-5-7-15(11-14)19-17-10-12(2)8-9-16(17)13(3)18/h8-10,13-15H,4-7,11,18H2,1-3H3. The Morgan fingerprint density at radius 2 is 2.16 bits per heavy atom. The summed E-state index contributed by atoms with van der Waals surface area (Å²) >= 11 is 0. The summed E-state index contributed by atoms with van der Waals surface area (Å²) in [5.74, 6) is 1.83. The molecule has 1 fully saturated rings. The van der Waals surface area contributed by atoms with Crippen molar-refractivity contribution in [2.45, 2.75) is 65.0 Å². The van der Waals surface area contributed by atoms with E-state index in [1.54, 1.807) is 0 Å². The van der Waals surface area contributed by atoms with Crippen molar-refractivity contribution in [3.8, 4) is 5.75 Å². The summed E-state index contributed by atoms with van der Waals surface area (Å²) < 4.78 is 6.28. The van der Waals surface area contributed by atoms with Crippen LogP contribution in [0.1, 0.15) is 63.1 Å². The lowest BCUT2D eigenvalue weighted by molar-refractivity contribution is 0.120. The van der Waals surface area contributed by atoms with Crippen LogP contribution in [0.2, 0.25) is 0 Å². The van der Waals surface area contributed by atoms with E-state index in [9.17, 15) is 0 Å². The Morgan fingerprint density at radius 1 is 1.37 bits per heavy atom. The summed E-state index contributed by atoms with van der Waals surface area (Å²) in [5.41, 5.74) is 8.41. The fraction of sp³-hybridized carbons (Fsp3) is 0.647. The molecule has 2 nitrogen and oxygen atoms in total. The van der Waals surface area contributed by atoms with E-state index in [4.69, 9.17) is 10.5 Å². The predicted molar refractivity (Wildman–Crippen MR) is 80.4 cm³/mol. The molecule has 106 valence electrons. The van der Waals surface area contributed by atoms with Crippen LogP contribution >= 0.6 is 0 Å². The van der Waals surface area contributed by atoms with E-state index in [0.29, 0.717) is 6.10 Å². The smallest absolute Gasteiger partial charge is 0.124 e. The molecule has 0 heterocycles. The van der Waals surface area contributed by atoms with E-state index in [2.05, 4.69) is 32.0 Å². The number of hydrogen-bond acceptors (Lipinski definition) is 2. The van der Waals surface area contributed by atoms with Gasteiger partial charge in [-0.25, -0.2) is 0 Å². The first kappa shape index (κ1) is 14.4. The first-order valence-corrected chi connectivity index (χ1v) is 7.63. The van der Waals surface area contributed by atoms with Gasteiger partial charge in [-0.15, -0.1) is 0 Å². The predicted octanol–water partition coefficient (Wildman–Crippen LogP) is 4.36. The Hall–Kier alpha value is -1.02. The number of hydrogen-bond donors (Lipinski definition) is 1. The molecule has 1 saturated carbocycles. The lowest BCUT2D eigenvalue weighted by atomic mass is 9.85. The van der Waals surface area contributed by atoms with Gasteiger partial charge in [-0.05, 0) is 50.7 Å². The average Bonchev–Trinajstić information content (AvgIpc) is 2.38. The van der Waals surface area contributed by atoms with Crippen molar-refractivity contribution < 1.29 is 4.74 Å². The minimum Gasteiger partial charge on any atom is -0.490 e. The number of nitrogens with two attached hydrogens (primary N) is 1. The van der Waals surface area contributed by atoms with Gasteiger partial charge >= 0.3 is 0 Å². The Labute approximate surface area is 117 Å². The van der Waals surface area contributed by atoms with Crippen molar-refractivity contribution in [3.63, 3.8) is 0 Å². The molecule has 1 aromatic rings. The molecule has 1 aliphatic rings. The molecule has 3 unspecified atom stereocenters. The van der Waals surface area contributed by atoms with Crippen molar-refractivity contribution in [2.75, 3.05) is 0 Å². The van der Waals surface area contributed by atoms with E-state index in [1.807, 2.05) is 6.92 Å². The van der Waals surface area contributed by atoms with Gasteiger partial charge in [0.25, 0.3) is 0 Å². The minimum atomic E-state index is 0.0289. The number of benzene rings is 1. The molecule has 0 bridgehead atoms. The third-order valence-electron chi connectivity index (χ3n) is 4.27. The maximum Gasteiger partial charge on any atom is 0.124 e. The van der Waals surface area contributed by atoms with E-state index in [1.165, 1.54) is 37.7 Å². The second-order valence-corrected chi connectivity index (χ2v) is 6.01. The molecule has 2 heteroatoms. The Bertz CT molecular complexity index is 414. The summed E-state index contributed by atoms with van der Waals surface area (Å²) in [5, 5.41) is 0. The summed E-state index contributed by atoms with van der Waals surface area (Å²) in [6.45, 7) is 6.41. The molecule has 0 radical (unpaired) electrons. The largest absolute Gasteiger partial charge is 0.490 e. The van der Waals surface area contributed by atoms with E-state index in [0.717, 1.165) is 17.2 Å². The molecule has 0 spiro atoms. The molecule has 19 heavy (non-hydrogen) atoms. The maximum absolute atomic E-state index is 6.28. The molecule has 1 aromatic carbocycles. The summed E-state index contributed by atoms with van der Waals surface area (Å²) in [6.07, 6.45) is 6.68. The minimum absolute atomic E-state index is 0.0289. The van der Waals surface area contributed by atoms with Crippen molar-refractivity contribution in [3.05, 3.63) is 29.3 Å². The van der Waals surface area contributed by atoms with Crippen LogP contribution < -0.4 is 10.5 Å². The van der Waals surface area contributed by atoms with Crippen molar-refractivity contribution in [1.82, 2.24) is 0 Å². The van der Waals surface area contributed by atoms with Crippen LogP contribution in [0.4, 0.5) is 0 Å². The summed E-state index contributed by atoms with van der Waals surface area (Å²) in [6, 6.07) is 6.38. The van der Waals surface area contributed by atoms with Gasteiger partial charge in [0.1, 0.15) is 5.75 Å². The zero-order valence-corrected chi connectivity index (χ0v) is 12.5. The lowest BCUT2D eigenvalue weighted by Gasteiger charge is -2.30. The molecule has 1 aliphatic carbocycles.